The fourth-order valence-corrected chi connectivity index (χ4v) is 3.55. The zero-order valence-electron chi connectivity index (χ0n) is 16.1. The van der Waals surface area contributed by atoms with E-state index in [4.69, 9.17) is 27.3 Å². The van der Waals surface area contributed by atoms with Crippen molar-refractivity contribution in [3.05, 3.63) is 36.2 Å². The normalized spacial score (nSPS) is 15.2. The lowest BCUT2D eigenvalue weighted by Gasteiger charge is -2.29. The molecule has 8 heteroatoms. The average Bonchev–Trinajstić information content (AvgIpc) is 3.18. The number of aromatic amines is 1. The minimum Gasteiger partial charge on any atom is -0.378 e. The summed E-state index contributed by atoms with van der Waals surface area (Å²) < 4.78 is 5.50. The second-order valence-corrected chi connectivity index (χ2v) is 7.45. The maximum atomic E-state index is 5.50. The van der Waals surface area contributed by atoms with Crippen LogP contribution in [-0.2, 0) is 4.74 Å². The molecule has 0 amide bonds. The van der Waals surface area contributed by atoms with Gasteiger partial charge < -0.3 is 14.5 Å². The van der Waals surface area contributed by atoms with Crippen LogP contribution in [-0.4, -0.2) is 72.0 Å². The molecule has 7 nitrogen and oxygen atoms in total. The number of rotatable bonds is 5. The molecule has 1 fully saturated rings. The van der Waals surface area contributed by atoms with Gasteiger partial charge in [-0.3, -0.25) is 5.10 Å². The lowest BCUT2D eigenvalue weighted by atomic mass is 10.1. The smallest absolute Gasteiger partial charge is 0.162 e. The van der Waals surface area contributed by atoms with Gasteiger partial charge in [-0.05, 0) is 26.2 Å². The summed E-state index contributed by atoms with van der Waals surface area (Å²) in [5.74, 6) is 1.53. The van der Waals surface area contributed by atoms with E-state index >= 15 is 0 Å². The number of fused-ring (bicyclic) bond motifs is 1. The summed E-state index contributed by atoms with van der Waals surface area (Å²) in [5.41, 5.74) is 2.74. The molecule has 1 N–H and O–H groups in total. The van der Waals surface area contributed by atoms with Crippen molar-refractivity contribution >= 4 is 35.4 Å². The number of benzene rings is 1. The number of thiol groups is 1. The summed E-state index contributed by atoms with van der Waals surface area (Å²) in [5, 5.41) is 8.19. The van der Waals surface area contributed by atoms with Gasteiger partial charge in [0.1, 0.15) is 5.82 Å². The molecule has 0 bridgehead atoms. The average molecular weight is 397 g/mol. The summed E-state index contributed by atoms with van der Waals surface area (Å²) in [6.45, 7) is 3.80. The van der Waals surface area contributed by atoms with E-state index in [0.29, 0.717) is 19.0 Å². The molecule has 1 aliphatic heterocycles. The highest BCUT2D eigenvalue weighted by atomic mass is 32.1. The first-order valence-electron chi connectivity index (χ1n) is 9.31. The van der Waals surface area contributed by atoms with Gasteiger partial charge in [0.15, 0.2) is 5.82 Å². The number of ether oxygens (including phenoxy) is 1. The number of nitrogens with one attached hydrogen (secondary N) is 1. The Hall–Kier alpha value is -2.42. The van der Waals surface area contributed by atoms with Crippen molar-refractivity contribution < 1.29 is 4.74 Å². The molecule has 0 spiro atoms. The zero-order chi connectivity index (χ0) is 19.5. The van der Waals surface area contributed by atoms with E-state index < -0.39 is 0 Å². The number of morpholine rings is 1. The van der Waals surface area contributed by atoms with Crippen LogP contribution in [0.1, 0.15) is 5.69 Å². The highest BCUT2D eigenvalue weighted by Gasteiger charge is 2.20. The Morgan fingerprint density at radius 1 is 1.25 bits per heavy atom. The van der Waals surface area contributed by atoms with Crippen molar-refractivity contribution in [1.82, 2.24) is 25.1 Å². The molecule has 1 aromatic carbocycles. The predicted molar refractivity (Wildman–Crippen MR) is 115 cm³/mol. The summed E-state index contributed by atoms with van der Waals surface area (Å²) >= 11 is 4.78. The van der Waals surface area contributed by atoms with Crippen molar-refractivity contribution in [2.24, 2.45) is 0 Å². The van der Waals surface area contributed by atoms with Crippen LogP contribution in [0, 0.1) is 0 Å². The Balaban J connectivity index is 1.83. The van der Waals surface area contributed by atoms with Crippen LogP contribution in [0.5, 0.6) is 0 Å². The molecule has 0 aliphatic carbocycles. The highest BCUT2D eigenvalue weighted by Crippen LogP contribution is 2.32. The molecule has 0 unspecified atom stereocenters. The molecular weight excluding hydrogens is 372 g/mol. The van der Waals surface area contributed by atoms with E-state index in [9.17, 15) is 0 Å². The number of hydrogen-bond donors (Lipinski definition) is 2. The summed E-state index contributed by atoms with van der Waals surface area (Å²) in [4.78, 5) is 14.8. The number of anilines is 1. The molecule has 1 aliphatic rings. The van der Waals surface area contributed by atoms with Gasteiger partial charge in [-0.15, -0.1) is 12.6 Å². The first-order chi connectivity index (χ1) is 13.6. The minimum atomic E-state index is 0.677. The quantitative estimate of drug-likeness (QED) is 0.647. The third-order valence-corrected chi connectivity index (χ3v) is 5.10. The number of H-pyrrole nitrogens is 1. The van der Waals surface area contributed by atoms with Gasteiger partial charge in [0.2, 0.25) is 0 Å². The molecule has 4 rings (SSSR count). The van der Waals surface area contributed by atoms with Gasteiger partial charge >= 0.3 is 0 Å². The Kier molecular flexibility index (Phi) is 5.61. The third kappa shape index (κ3) is 3.89. The fraction of sp³-hybridized carbons (Fsp3) is 0.350. The molecule has 1 saturated heterocycles. The van der Waals surface area contributed by atoms with Crippen molar-refractivity contribution in [3.63, 3.8) is 0 Å². The standard InChI is InChI=1S/C20H24N6OS/c1-25(2)8-4-7-17-18(28)20(26-9-11-27-12-10-26)23-19(22-17)14-5-3-6-16-15(14)13-21-24-16/h3-7,13,28H,8-12H2,1-2H3,(H,21,24)/b7-4+. The monoisotopic (exact) mass is 396 g/mol. The van der Waals surface area contributed by atoms with Gasteiger partial charge in [0.05, 0.1) is 35.5 Å². The molecule has 0 radical (unpaired) electrons. The molecule has 28 heavy (non-hydrogen) atoms. The van der Waals surface area contributed by atoms with Gasteiger partial charge in [0.25, 0.3) is 0 Å². The number of likely N-dealkylation sites (N-methyl/N-ethyl adjacent to an activating group) is 1. The second kappa shape index (κ2) is 8.30. The third-order valence-electron chi connectivity index (χ3n) is 4.68. The van der Waals surface area contributed by atoms with E-state index in [-0.39, 0.29) is 0 Å². The second-order valence-electron chi connectivity index (χ2n) is 7.01. The van der Waals surface area contributed by atoms with Crippen molar-refractivity contribution in [1.29, 1.82) is 0 Å². The van der Waals surface area contributed by atoms with Gasteiger partial charge in [-0.1, -0.05) is 18.2 Å². The summed E-state index contributed by atoms with van der Waals surface area (Å²) in [6.07, 6.45) is 5.93. The number of hydrogen-bond acceptors (Lipinski definition) is 7. The number of nitrogens with zero attached hydrogens (tertiary/aromatic N) is 5. The van der Waals surface area contributed by atoms with Gasteiger partial charge in [-0.2, -0.15) is 5.10 Å². The molecule has 2 aromatic heterocycles. The van der Waals surface area contributed by atoms with E-state index in [1.54, 1.807) is 0 Å². The van der Waals surface area contributed by atoms with Crippen LogP contribution in [0.3, 0.4) is 0 Å². The maximum absolute atomic E-state index is 5.50. The lowest BCUT2D eigenvalue weighted by Crippen LogP contribution is -2.37. The molecular formula is C20H24N6OS. The molecule has 3 heterocycles. The zero-order valence-corrected chi connectivity index (χ0v) is 17.0. The Labute approximate surface area is 169 Å². The van der Waals surface area contributed by atoms with Crippen LogP contribution >= 0.6 is 12.6 Å². The number of aromatic nitrogens is 4. The Bertz CT molecular complexity index is 994. The summed E-state index contributed by atoms with van der Waals surface area (Å²) in [6, 6.07) is 6.02. The van der Waals surface area contributed by atoms with E-state index in [1.165, 1.54) is 0 Å². The van der Waals surface area contributed by atoms with Crippen molar-refractivity contribution in [2.45, 2.75) is 4.90 Å². The van der Waals surface area contributed by atoms with Gasteiger partial charge in [0, 0.05) is 30.6 Å². The van der Waals surface area contributed by atoms with Crippen LogP contribution in [0.2, 0.25) is 0 Å². The highest BCUT2D eigenvalue weighted by molar-refractivity contribution is 7.80. The van der Waals surface area contributed by atoms with Crippen LogP contribution < -0.4 is 4.90 Å². The minimum absolute atomic E-state index is 0.677. The molecule has 146 valence electrons. The van der Waals surface area contributed by atoms with Crippen molar-refractivity contribution in [3.8, 4) is 11.4 Å². The molecule has 0 atom stereocenters. The van der Waals surface area contributed by atoms with E-state index in [2.05, 4.69) is 26.1 Å². The first kappa shape index (κ1) is 18.9. The van der Waals surface area contributed by atoms with Crippen LogP contribution in [0.25, 0.3) is 28.4 Å². The van der Waals surface area contributed by atoms with E-state index in [0.717, 1.165) is 52.5 Å². The topological polar surface area (TPSA) is 70.2 Å². The predicted octanol–water partition coefficient (Wildman–Crippen LogP) is 2.72. The van der Waals surface area contributed by atoms with Crippen molar-refractivity contribution in [2.75, 3.05) is 51.8 Å². The Morgan fingerprint density at radius 2 is 2.07 bits per heavy atom. The SMILES string of the molecule is CN(C)C/C=C/c1nc(-c2cccc3[nH]ncc23)nc(N2CCOCC2)c1S. The van der Waals surface area contributed by atoms with Crippen LogP contribution in [0.4, 0.5) is 5.82 Å². The molecule has 0 saturated carbocycles. The first-order valence-corrected chi connectivity index (χ1v) is 9.75. The maximum Gasteiger partial charge on any atom is 0.162 e. The van der Waals surface area contributed by atoms with E-state index in [1.807, 2.05) is 44.6 Å². The molecule has 3 aromatic rings. The lowest BCUT2D eigenvalue weighted by molar-refractivity contribution is 0.122. The fourth-order valence-electron chi connectivity index (χ4n) is 3.23. The summed E-state index contributed by atoms with van der Waals surface area (Å²) in [7, 11) is 4.08. The Morgan fingerprint density at radius 3 is 2.86 bits per heavy atom. The van der Waals surface area contributed by atoms with Gasteiger partial charge in [-0.25, -0.2) is 9.97 Å². The van der Waals surface area contributed by atoms with Crippen LogP contribution in [0.15, 0.2) is 35.4 Å². The largest absolute Gasteiger partial charge is 0.378 e.